The van der Waals surface area contributed by atoms with E-state index in [1.807, 2.05) is 24.1 Å². The van der Waals surface area contributed by atoms with Gasteiger partial charge in [0, 0.05) is 62.1 Å². The molecule has 3 heterocycles. The Hall–Kier alpha value is -3.69. The van der Waals surface area contributed by atoms with Crippen LogP contribution in [0.3, 0.4) is 0 Å². The van der Waals surface area contributed by atoms with Crippen molar-refractivity contribution in [3.8, 4) is 0 Å². The first-order valence-corrected chi connectivity index (χ1v) is 15.0. The lowest BCUT2D eigenvalue weighted by atomic mass is 9.97. The van der Waals surface area contributed by atoms with Crippen molar-refractivity contribution in [3.63, 3.8) is 0 Å². The van der Waals surface area contributed by atoms with E-state index in [1.165, 1.54) is 18.2 Å². The predicted molar refractivity (Wildman–Crippen MR) is 165 cm³/mol. The Morgan fingerprint density at radius 2 is 1.58 bits per heavy atom. The number of pyridine rings is 1. The number of amides is 1. The predicted octanol–water partition coefficient (Wildman–Crippen LogP) is 6.47. The van der Waals surface area contributed by atoms with E-state index in [2.05, 4.69) is 51.0 Å². The molecule has 2 aromatic carbocycles. The van der Waals surface area contributed by atoms with Crippen LogP contribution in [0.25, 0.3) is 6.08 Å². The molecule has 43 heavy (non-hydrogen) atoms. The summed E-state index contributed by atoms with van der Waals surface area (Å²) in [7, 11) is 4.17. The number of benzene rings is 2. The van der Waals surface area contributed by atoms with Crippen LogP contribution in [0.1, 0.15) is 42.4 Å². The van der Waals surface area contributed by atoms with Gasteiger partial charge in [0.1, 0.15) is 0 Å². The maximum absolute atomic E-state index is 13.8. The van der Waals surface area contributed by atoms with Gasteiger partial charge in [-0.3, -0.25) is 14.7 Å². The third kappa shape index (κ3) is 8.03. The molecular weight excluding hydrogens is 551 g/mol. The molecule has 2 fully saturated rings. The van der Waals surface area contributed by atoms with Crippen molar-refractivity contribution in [1.29, 1.82) is 0 Å². The van der Waals surface area contributed by atoms with Crippen molar-refractivity contribution in [3.05, 3.63) is 95.8 Å². The van der Waals surface area contributed by atoms with Gasteiger partial charge < -0.3 is 14.7 Å². The molecule has 3 aromatic rings. The lowest BCUT2D eigenvalue weighted by molar-refractivity contribution is -0.137. The number of halogens is 3. The zero-order chi connectivity index (χ0) is 30.4. The summed E-state index contributed by atoms with van der Waals surface area (Å²) in [6.07, 6.45) is 6.47. The number of anilines is 2. The summed E-state index contributed by atoms with van der Waals surface area (Å²) in [5.74, 6) is -0.131. The summed E-state index contributed by atoms with van der Waals surface area (Å²) in [4.78, 5) is 26.8. The van der Waals surface area contributed by atoms with Gasteiger partial charge >= 0.3 is 6.18 Å². The molecule has 1 amide bonds. The molecule has 0 bridgehead atoms. The van der Waals surface area contributed by atoms with Gasteiger partial charge in [0.25, 0.3) is 0 Å². The van der Waals surface area contributed by atoms with Gasteiger partial charge in [-0.2, -0.15) is 13.2 Å². The number of carbonyl (C=O) groups is 1. The highest BCUT2D eigenvalue weighted by Gasteiger charge is 2.32. The topological polar surface area (TPSA) is 42.9 Å². The number of alkyl halides is 3. The summed E-state index contributed by atoms with van der Waals surface area (Å²) < 4.78 is 39.0. The molecule has 1 atom stereocenters. The molecule has 0 radical (unpaired) electrons. The molecular formula is C34H40F3N5O. The molecule has 2 aliphatic rings. The number of nitrogens with zero attached hydrogens (tertiary/aromatic N) is 5. The average molecular weight is 592 g/mol. The quantitative estimate of drug-likeness (QED) is 0.281. The Bertz CT molecular complexity index is 1350. The minimum absolute atomic E-state index is 0.0531. The minimum Gasteiger partial charge on any atom is -0.345 e. The van der Waals surface area contributed by atoms with E-state index in [0.29, 0.717) is 18.2 Å². The molecule has 6 nitrogen and oxygen atoms in total. The van der Waals surface area contributed by atoms with Crippen LogP contribution in [0, 0.1) is 0 Å². The van der Waals surface area contributed by atoms with Crippen LogP contribution in [0.15, 0.2) is 79.1 Å². The zero-order valence-corrected chi connectivity index (χ0v) is 24.9. The first-order chi connectivity index (χ1) is 20.7. The molecule has 5 rings (SSSR count). The van der Waals surface area contributed by atoms with Crippen molar-refractivity contribution in [2.24, 2.45) is 0 Å². The molecule has 0 saturated carbocycles. The van der Waals surface area contributed by atoms with Crippen LogP contribution in [-0.2, 0) is 17.5 Å². The number of rotatable bonds is 8. The minimum atomic E-state index is -4.39. The van der Waals surface area contributed by atoms with E-state index in [-0.39, 0.29) is 11.9 Å². The monoisotopic (exact) mass is 591 g/mol. The van der Waals surface area contributed by atoms with E-state index < -0.39 is 11.7 Å². The van der Waals surface area contributed by atoms with Crippen LogP contribution < -0.4 is 4.90 Å². The number of hydrogen-bond donors (Lipinski definition) is 0. The Kier molecular flexibility index (Phi) is 9.82. The third-order valence-corrected chi connectivity index (χ3v) is 8.74. The van der Waals surface area contributed by atoms with Crippen molar-refractivity contribution in [2.45, 2.75) is 50.5 Å². The lowest BCUT2D eigenvalue weighted by Crippen LogP contribution is -2.54. The fourth-order valence-corrected chi connectivity index (χ4v) is 6.10. The summed E-state index contributed by atoms with van der Waals surface area (Å²) in [5, 5.41) is 0. The SMILES string of the molecule is CN1CCC(N2CCC[C@H](N(Cc3ccc(N(C)c4ccncc4)cc3)C(=O)/C=C/c3ccc(C(F)(F)F)cc3)C2)CC1. The van der Waals surface area contributed by atoms with Crippen LogP contribution in [0.2, 0.25) is 0 Å². The van der Waals surface area contributed by atoms with Crippen molar-refractivity contribution in [1.82, 2.24) is 19.7 Å². The van der Waals surface area contributed by atoms with E-state index in [0.717, 1.165) is 80.9 Å². The van der Waals surface area contributed by atoms with Gasteiger partial charge in [-0.25, -0.2) is 0 Å². The number of carbonyl (C=O) groups excluding carboxylic acids is 1. The first-order valence-electron chi connectivity index (χ1n) is 15.0. The van der Waals surface area contributed by atoms with E-state index in [9.17, 15) is 18.0 Å². The lowest BCUT2D eigenvalue weighted by Gasteiger charge is -2.44. The summed E-state index contributed by atoms with van der Waals surface area (Å²) >= 11 is 0. The van der Waals surface area contributed by atoms with Gasteiger partial charge in [-0.05, 0) is 106 Å². The number of hydrogen-bond acceptors (Lipinski definition) is 5. The molecule has 0 unspecified atom stereocenters. The molecule has 0 aliphatic carbocycles. The molecule has 1 aromatic heterocycles. The Balaban J connectivity index is 1.33. The highest BCUT2D eigenvalue weighted by molar-refractivity contribution is 5.92. The second-order valence-electron chi connectivity index (χ2n) is 11.7. The number of piperidine rings is 2. The fourth-order valence-electron chi connectivity index (χ4n) is 6.10. The maximum atomic E-state index is 13.8. The summed E-state index contributed by atoms with van der Waals surface area (Å²) in [6, 6.07) is 17.6. The molecule has 0 N–H and O–H groups in total. The molecule has 2 saturated heterocycles. The summed E-state index contributed by atoms with van der Waals surface area (Å²) in [6.45, 7) is 4.51. The first kappa shape index (κ1) is 30.8. The van der Waals surface area contributed by atoms with Gasteiger partial charge in [0.05, 0.1) is 5.56 Å². The van der Waals surface area contributed by atoms with E-state index >= 15 is 0 Å². The third-order valence-electron chi connectivity index (χ3n) is 8.74. The fraction of sp³-hybridized carbons (Fsp3) is 0.412. The van der Waals surface area contributed by atoms with Gasteiger partial charge in [-0.15, -0.1) is 0 Å². The smallest absolute Gasteiger partial charge is 0.345 e. The van der Waals surface area contributed by atoms with Crippen molar-refractivity contribution in [2.75, 3.05) is 45.2 Å². The molecule has 228 valence electrons. The van der Waals surface area contributed by atoms with E-state index in [4.69, 9.17) is 0 Å². The number of likely N-dealkylation sites (tertiary alicyclic amines) is 2. The molecule has 2 aliphatic heterocycles. The second-order valence-corrected chi connectivity index (χ2v) is 11.7. The second kappa shape index (κ2) is 13.7. The Labute approximate surface area is 252 Å². The molecule has 0 spiro atoms. The maximum Gasteiger partial charge on any atom is 0.416 e. The normalized spacial score (nSPS) is 19.0. The zero-order valence-electron chi connectivity index (χ0n) is 24.9. The standard InChI is InChI=1S/C34H40F3N5O/c1-39-22-17-31(18-23-39)41-21-3-4-32(25-41)42(33(43)14-9-26-5-10-28(11-6-26)34(35,36)37)24-27-7-12-29(13-8-27)40(2)30-15-19-38-20-16-30/h5-16,19-20,31-32H,3-4,17-18,21-25H2,1-2H3/b14-9+/t32-/m0/s1. The van der Waals surface area contributed by atoms with Crippen molar-refractivity contribution < 1.29 is 18.0 Å². The van der Waals surface area contributed by atoms with Gasteiger partial charge in [0.2, 0.25) is 5.91 Å². The van der Waals surface area contributed by atoms with Crippen LogP contribution in [0.5, 0.6) is 0 Å². The van der Waals surface area contributed by atoms with Gasteiger partial charge in [0.15, 0.2) is 0 Å². The average Bonchev–Trinajstić information content (AvgIpc) is 3.03. The van der Waals surface area contributed by atoms with Gasteiger partial charge in [-0.1, -0.05) is 24.3 Å². The van der Waals surface area contributed by atoms with Crippen molar-refractivity contribution >= 4 is 23.4 Å². The summed E-state index contributed by atoms with van der Waals surface area (Å²) in [5.41, 5.74) is 2.94. The highest BCUT2D eigenvalue weighted by Crippen LogP contribution is 2.30. The molecule has 9 heteroatoms. The Morgan fingerprint density at radius 3 is 2.23 bits per heavy atom. The Morgan fingerprint density at radius 1 is 0.930 bits per heavy atom. The van der Waals surface area contributed by atoms with Crippen LogP contribution in [-0.4, -0.2) is 77.9 Å². The number of aromatic nitrogens is 1. The largest absolute Gasteiger partial charge is 0.416 e. The van der Waals surface area contributed by atoms with Crippen LogP contribution >= 0.6 is 0 Å². The van der Waals surface area contributed by atoms with E-state index in [1.54, 1.807) is 18.5 Å². The highest BCUT2D eigenvalue weighted by atomic mass is 19.4. The van der Waals surface area contributed by atoms with Crippen LogP contribution in [0.4, 0.5) is 24.5 Å².